The largest absolute Gasteiger partial charge is 0.355 e. The van der Waals surface area contributed by atoms with Gasteiger partial charge in [-0.3, -0.25) is 4.79 Å². The molecule has 1 fully saturated rings. The zero-order valence-corrected chi connectivity index (χ0v) is 13.8. The van der Waals surface area contributed by atoms with Crippen molar-refractivity contribution in [3.05, 3.63) is 30.9 Å². The van der Waals surface area contributed by atoms with E-state index in [0.29, 0.717) is 18.7 Å². The molecule has 4 rings (SSSR count). The van der Waals surface area contributed by atoms with Gasteiger partial charge in [0.2, 0.25) is 5.91 Å². The minimum absolute atomic E-state index is 0.0385. The topological polar surface area (TPSA) is 115 Å². The molecule has 9 heteroatoms. The number of aromatic amines is 2. The van der Waals surface area contributed by atoms with Crippen LogP contribution in [-0.2, 0) is 11.2 Å². The quantitative estimate of drug-likeness (QED) is 0.628. The van der Waals surface area contributed by atoms with E-state index in [0.717, 1.165) is 42.8 Å². The highest BCUT2D eigenvalue weighted by Gasteiger charge is 2.27. The van der Waals surface area contributed by atoms with Crippen LogP contribution < -0.4 is 10.2 Å². The third-order valence-corrected chi connectivity index (χ3v) is 4.54. The Kier molecular flexibility index (Phi) is 4.28. The summed E-state index contributed by atoms with van der Waals surface area (Å²) in [7, 11) is 0. The zero-order valence-electron chi connectivity index (χ0n) is 13.8. The Labute approximate surface area is 144 Å². The molecule has 3 aromatic rings. The van der Waals surface area contributed by atoms with Crippen molar-refractivity contribution in [3.8, 4) is 0 Å². The molecule has 0 aromatic carbocycles. The molecule has 0 bridgehead atoms. The van der Waals surface area contributed by atoms with E-state index < -0.39 is 0 Å². The maximum Gasteiger partial charge on any atom is 0.224 e. The monoisotopic (exact) mass is 340 g/mol. The van der Waals surface area contributed by atoms with Crippen molar-refractivity contribution in [3.63, 3.8) is 0 Å². The highest BCUT2D eigenvalue weighted by atomic mass is 16.1. The zero-order chi connectivity index (χ0) is 17.1. The van der Waals surface area contributed by atoms with Gasteiger partial charge in [0.1, 0.15) is 11.8 Å². The lowest BCUT2D eigenvalue weighted by Crippen LogP contribution is -2.44. The number of imidazole rings is 2. The molecule has 1 aliphatic rings. The molecule has 3 aromatic heterocycles. The molecule has 0 saturated carbocycles. The second-order valence-electron chi connectivity index (χ2n) is 6.20. The molecule has 0 aliphatic carbocycles. The number of rotatable bonds is 5. The van der Waals surface area contributed by atoms with Gasteiger partial charge in [0.15, 0.2) is 11.5 Å². The SMILES string of the molecule is O=C(NCCc1cnc[nH]1)[C@@H]1CCCN(c2ncnc3nc[nH]c23)C1. The Morgan fingerprint density at radius 2 is 2.24 bits per heavy atom. The van der Waals surface area contributed by atoms with Crippen molar-refractivity contribution in [1.82, 2.24) is 35.2 Å². The maximum absolute atomic E-state index is 12.5. The average Bonchev–Trinajstić information content (AvgIpc) is 3.33. The van der Waals surface area contributed by atoms with E-state index in [1.54, 1.807) is 18.9 Å². The lowest BCUT2D eigenvalue weighted by atomic mass is 9.97. The number of anilines is 1. The first kappa shape index (κ1) is 15.6. The van der Waals surface area contributed by atoms with Crippen molar-refractivity contribution in [1.29, 1.82) is 0 Å². The fourth-order valence-electron chi connectivity index (χ4n) is 3.26. The minimum atomic E-state index is -0.0385. The van der Waals surface area contributed by atoms with Gasteiger partial charge in [-0.15, -0.1) is 0 Å². The number of H-pyrrole nitrogens is 2. The second-order valence-corrected chi connectivity index (χ2v) is 6.20. The third kappa shape index (κ3) is 3.30. The Hall–Kier alpha value is -2.97. The van der Waals surface area contributed by atoms with Gasteiger partial charge in [0.25, 0.3) is 0 Å². The van der Waals surface area contributed by atoms with Gasteiger partial charge in [0, 0.05) is 37.9 Å². The molecule has 0 spiro atoms. The van der Waals surface area contributed by atoms with Crippen LogP contribution in [0.2, 0.25) is 0 Å². The number of aromatic nitrogens is 6. The number of hydrogen-bond donors (Lipinski definition) is 3. The predicted octanol–water partition coefficient (Wildman–Crippen LogP) is 0.651. The fraction of sp³-hybridized carbons (Fsp3) is 0.438. The summed E-state index contributed by atoms with van der Waals surface area (Å²) in [6.07, 6.45) is 9.16. The van der Waals surface area contributed by atoms with Crippen LogP contribution in [0, 0.1) is 5.92 Å². The van der Waals surface area contributed by atoms with Crippen molar-refractivity contribution < 1.29 is 4.79 Å². The number of hydrogen-bond acceptors (Lipinski definition) is 6. The molecule has 0 radical (unpaired) electrons. The standard InChI is InChI=1S/C16H20N8O/c25-16(18-4-3-12-6-17-8-19-12)11-2-1-5-24(7-11)15-13-14(21-9-20-13)22-10-23-15/h6,8-11H,1-5,7H2,(H,17,19)(H,18,25)(H,20,21,22,23)/t11-/m1/s1. The van der Waals surface area contributed by atoms with Crippen LogP contribution in [0.25, 0.3) is 11.2 Å². The third-order valence-electron chi connectivity index (χ3n) is 4.54. The van der Waals surface area contributed by atoms with Gasteiger partial charge in [-0.1, -0.05) is 0 Å². The van der Waals surface area contributed by atoms with Crippen LogP contribution in [0.1, 0.15) is 18.5 Å². The summed E-state index contributed by atoms with van der Waals surface area (Å²) >= 11 is 0. The maximum atomic E-state index is 12.5. The van der Waals surface area contributed by atoms with Gasteiger partial charge >= 0.3 is 0 Å². The number of fused-ring (bicyclic) bond motifs is 1. The summed E-state index contributed by atoms with van der Waals surface area (Å²) in [5.41, 5.74) is 2.49. The van der Waals surface area contributed by atoms with E-state index in [1.807, 2.05) is 0 Å². The second kappa shape index (κ2) is 6.88. The summed E-state index contributed by atoms with van der Waals surface area (Å²) < 4.78 is 0. The van der Waals surface area contributed by atoms with Crippen LogP contribution >= 0.6 is 0 Å². The van der Waals surface area contributed by atoms with Crippen LogP contribution in [0.15, 0.2) is 25.2 Å². The number of carbonyl (C=O) groups excluding carboxylic acids is 1. The highest BCUT2D eigenvalue weighted by molar-refractivity contribution is 5.84. The smallest absolute Gasteiger partial charge is 0.224 e. The highest BCUT2D eigenvalue weighted by Crippen LogP contribution is 2.25. The summed E-state index contributed by atoms with van der Waals surface area (Å²) in [4.78, 5) is 37.5. The number of nitrogens with zero attached hydrogens (tertiary/aromatic N) is 5. The predicted molar refractivity (Wildman–Crippen MR) is 91.9 cm³/mol. The summed E-state index contributed by atoms with van der Waals surface area (Å²) in [6, 6.07) is 0. The van der Waals surface area contributed by atoms with Crippen LogP contribution in [0.4, 0.5) is 5.82 Å². The first-order valence-corrected chi connectivity index (χ1v) is 8.45. The van der Waals surface area contributed by atoms with E-state index in [2.05, 4.69) is 40.1 Å². The Morgan fingerprint density at radius 3 is 3.12 bits per heavy atom. The number of nitrogens with one attached hydrogen (secondary N) is 3. The molecule has 0 unspecified atom stereocenters. The first-order chi connectivity index (χ1) is 12.3. The Morgan fingerprint density at radius 1 is 1.28 bits per heavy atom. The number of amides is 1. The van der Waals surface area contributed by atoms with Crippen molar-refractivity contribution in [2.75, 3.05) is 24.5 Å². The van der Waals surface area contributed by atoms with E-state index in [4.69, 9.17) is 0 Å². The van der Waals surface area contributed by atoms with E-state index >= 15 is 0 Å². The molecular weight excluding hydrogens is 320 g/mol. The lowest BCUT2D eigenvalue weighted by molar-refractivity contribution is -0.125. The van der Waals surface area contributed by atoms with Crippen LogP contribution in [-0.4, -0.2) is 55.4 Å². The first-order valence-electron chi connectivity index (χ1n) is 8.45. The van der Waals surface area contributed by atoms with Gasteiger partial charge in [-0.05, 0) is 12.8 Å². The van der Waals surface area contributed by atoms with Crippen molar-refractivity contribution in [2.24, 2.45) is 5.92 Å². The Bertz CT molecular complexity index is 843. The van der Waals surface area contributed by atoms with Crippen LogP contribution in [0.5, 0.6) is 0 Å². The molecule has 9 nitrogen and oxygen atoms in total. The van der Waals surface area contributed by atoms with Crippen molar-refractivity contribution in [2.45, 2.75) is 19.3 Å². The van der Waals surface area contributed by atoms with Gasteiger partial charge in [-0.2, -0.15) is 0 Å². The van der Waals surface area contributed by atoms with Crippen molar-refractivity contribution >= 4 is 22.9 Å². The van der Waals surface area contributed by atoms with Gasteiger partial charge in [-0.25, -0.2) is 19.9 Å². The molecule has 4 heterocycles. The summed E-state index contributed by atoms with van der Waals surface area (Å²) in [6.45, 7) is 2.14. The number of carbonyl (C=O) groups is 1. The van der Waals surface area contributed by atoms with Crippen LogP contribution in [0.3, 0.4) is 0 Å². The molecule has 1 amide bonds. The molecule has 25 heavy (non-hydrogen) atoms. The van der Waals surface area contributed by atoms with Gasteiger partial charge in [0.05, 0.1) is 18.6 Å². The molecule has 1 atom stereocenters. The number of piperidine rings is 1. The van der Waals surface area contributed by atoms with Gasteiger partial charge < -0.3 is 20.2 Å². The molecular formula is C16H20N8O. The summed E-state index contributed by atoms with van der Waals surface area (Å²) in [5, 5.41) is 3.03. The van der Waals surface area contributed by atoms with E-state index in [9.17, 15) is 4.79 Å². The molecule has 130 valence electrons. The molecule has 3 N–H and O–H groups in total. The average molecular weight is 340 g/mol. The molecule has 1 saturated heterocycles. The van der Waals surface area contributed by atoms with E-state index in [-0.39, 0.29) is 11.8 Å². The van der Waals surface area contributed by atoms with E-state index in [1.165, 1.54) is 6.33 Å². The lowest BCUT2D eigenvalue weighted by Gasteiger charge is -2.32. The normalized spacial score (nSPS) is 17.8. The minimum Gasteiger partial charge on any atom is -0.355 e. The molecule has 1 aliphatic heterocycles. The fourth-order valence-corrected chi connectivity index (χ4v) is 3.26. The Balaban J connectivity index is 1.38. The summed E-state index contributed by atoms with van der Waals surface area (Å²) in [5.74, 6) is 0.875.